The molecule has 1 aliphatic heterocycles. The summed E-state index contributed by atoms with van der Waals surface area (Å²) in [5, 5.41) is 4.49. The van der Waals surface area contributed by atoms with Gasteiger partial charge in [0, 0.05) is 17.9 Å². The average molecular weight is 262 g/mol. The Bertz CT molecular complexity index is 468. The van der Waals surface area contributed by atoms with Crippen molar-refractivity contribution in [2.75, 3.05) is 0 Å². The van der Waals surface area contributed by atoms with Gasteiger partial charge >= 0.3 is 7.12 Å². The SMILES string of the molecule is C[C@@H]1CC[C@H]1n1cc(B2OC(C)(C)C(C)(C)O2)cn1. The topological polar surface area (TPSA) is 36.3 Å². The first-order chi connectivity index (χ1) is 8.80. The minimum absolute atomic E-state index is 0.288. The van der Waals surface area contributed by atoms with Crippen LogP contribution in [0.5, 0.6) is 0 Å². The second kappa shape index (κ2) is 4.09. The Hall–Kier alpha value is -0.805. The molecule has 2 fully saturated rings. The van der Waals surface area contributed by atoms with Crippen LogP contribution in [0.1, 0.15) is 53.5 Å². The van der Waals surface area contributed by atoms with E-state index in [9.17, 15) is 0 Å². The molecule has 3 rings (SSSR count). The zero-order valence-corrected chi connectivity index (χ0v) is 12.5. The summed E-state index contributed by atoms with van der Waals surface area (Å²) in [6.45, 7) is 10.6. The third-order valence-electron chi connectivity index (χ3n) is 5.06. The van der Waals surface area contributed by atoms with E-state index in [-0.39, 0.29) is 18.3 Å². The van der Waals surface area contributed by atoms with Gasteiger partial charge in [-0.05, 0) is 46.5 Å². The molecule has 0 amide bonds. The zero-order chi connectivity index (χ0) is 13.8. The summed E-state index contributed by atoms with van der Waals surface area (Å²) in [5.41, 5.74) is 0.449. The van der Waals surface area contributed by atoms with Crippen molar-refractivity contribution in [3.05, 3.63) is 12.4 Å². The molecule has 2 atom stereocenters. The molecule has 2 aliphatic rings. The van der Waals surface area contributed by atoms with Gasteiger partial charge in [0.15, 0.2) is 0 Å². The van der Waals surface area contributed by atoms with Crippen LogP contribution in [0.25, 0.3) is 0 Å². The van der Waals surface area contributed by atoms with Crippen LogP contribution in [0.4, 0.5) is 0 Å². The average Bonchev–Trinajstić information content (AvgIpc) is 2.81. The Morgan fingerprint density at radius 3 is 2.32 bits per heavy atom. The summed E-state index contributed by atoms with van der Waals surface area (Å²) in [7, 11) is -0.297. The van der Waals surface area contributed by atoms with Crippen LogP contribution < -0.4 is 5.46 Å². The Labute approximate surface area is 115 Å². The predicted molar refractivity (Wildman–Crippen MR) is 75.4 cm³/mol. The molecular weight excluding hydrogens is 239 g/mol. The van der Waals surface area contributed by atoms with Crippen molar-refractivity contribution < 1.29 is 9.31 Å². The van der Waals surface area contributed by atoms with E-state index in [1.165, 1.54) is 12.8 Å². The first kappa shape index (κ1) is 13.2. The third kappa shape index (κ3) is 2.03. The maximum atomic E-state index is 6.05. The van der Waals surface area contributed by atoms with Gasteiger partial charge in [0.25, 0.3) is 0 Å². The Morgan fingerprint density at radius 2 is 1.84 bits per heavy atom. The van der Waals surface area contributed by atoms with Crippen molar-refractivity contribution >= 4 is 12.6 Å². The van der Waals surface area contributed by atoms with Crippen LogP contribution in [-0.2, 0) is 9.31 Å². The van der Waals surface area contributed by atoms with E-state index in [1.807, 2.05) is 6.20 Å². The highest BCUT2D eigenvalue weighted by Crippen LogP contribution is 2.38. The molecule has 0 aromatic carbocycles. The van der Waals surface area contributed by atoms with Crippen LogP contribution in [0, 0.1) is 5.92 Å². The highest BCUT2D eigenvalue weighted by Gasteiger charge is 2.52. The fourth-order valence-corrected chi connectivity index (χ4v) is 2.68. The quantitative estimate of drug-likeness (QED) is 0.766. The molecular formula is C14H23BN2O2. The molecule has 4 nitrogen and oxygen atoms in total. The summed E-state index contributed by atoms with van der Waals surface area (Å²) in [6, 6.07) is 0.552. The zero-order valence-electron chi connectivity index (χ0n) is 12.5. The molecule has 1 aromatic heterocycles. The number of rotatable bonds is 2. The molecule has 19 heavy (non-hydrogen) atoms. The fraction of sp³-hybridized carbons (Fsp3) is 0.786. The van der Waals surface area contributed by atoms with Gasteiger partial charge in [0.05, 0.1) is 17.2 Å². The lowest BCUT2D eigenvalue weighted by Crippen LogP contribution is -2.41. The van der Waals surface area contributed by atoms with E-state index in [2.05, 4.69) is 50.6 Å². The second-order valence-corrected chi connectivity index (χ2v) is 6.96. The van der Waals surface area contributed by atoms with E-state index in [0.29, 0.717) is 6.04 Å². The van der Waals surface area contributed by atoms with Gasteiger partial charge in [-0.15, -0.1) is 0 Å². The lowest BCUT2D eigenvalue weighted by Gasteiger charge is -2.33. The lowest BCUT2D eigenvalue weighted by molar-refractivity contribution is 0.00578. The van der Waals surface area contributed by atoms with Gasteiger partial charge in [0.1, 0.15) is 0 Å². The number of hydrogen-bond acceptors (Lipinski definition) is 3. The van der Waals surface area contributed by atoms with E-state index in [4.69, 9.17) is 9.31 Å². The molecule has 0 unspecified atom stereocenters. The van der Waals surface area contributed by atoms with Crippen molar-refractivity contribution in [2.45, 2.75) is 64.7 Å². The van der Waals surface area contributed by atoms with E-state index >= 15 is 0 Å². The van der Waals surface area contributed by atoms with Crippen LogP contribution >= 0.6 is 0 Å². The van der Waals surface area contributed by atoms with Crippen LogP contribution in [0.3, 0.4) is 0 Å². The fourth-order valence-electron chi connectivity index (χ4n) is 2.68. The minimum Gasteiger partial charge on any atom is -0.399 e. The summed E-state index contributed by atoms with van der Waals surface area (Å²) in [4.78, 5) is 0. The molecule has 5 heteroatoms. The molecule has 2 heterocycles. The molecule has 104 valence electrons. The molecule has 0 radical (unpaired) electrons. The van der Waals surface area contributed by atoms with Crippen LogP contribution in [0.2, 0.25) is 0 Å². The smallest absolute Gasteiger partial charge is 0.399 e. The van der Waals surface area contributed by atoms with Crippen molar-refractivity contribution in [2.24, 2.45) is 5.92 Å². The summed E-state index contributed by atoms with van der Waals surface area (Å²) >= 11 is 0. The molecule has 1 aliphatic carbocycles. The highest BCUT2D eigenvalue weighted by molar-refractivity contribution is 6.61. The largest absolute Gasteiger partial charge is 0.498 e. The van der Waals surface area contributed by atoms with Gasteiger partial charge in [-0.2, -0.15) is 5.10 Å². The Balaban J connectivity index is 1.78. The monoisotopic (exact) mass is 262 g/mol. The van der Waals surface area contributed by atoms with Crippen molar-refractivity contribution in [1.29, 1.82) is 0 Å². The first-order valence-corrected chi connectivity index (χ1v) is 7.20. The Morgan fingerprint density at radius 1 is 1.21 bits per heavy atom. The maximum absolute atomic E-state index is 6.05. The van der Waals surface area contributed by atoms with Gasteiger partial charge in [0.2, 0.25) is 0 Å². The van der Waals surface area contributed by atoms with Crippen molar-refractivity contribution in [3.8, 4) is 0 Å². The van der Waals surface area contributed by atoms with Gasteiger partial charge < -0.3 is 9.31 Å². The molecule has 0 spiro atoms. The van der Waals surface area contributed by atoms with E-state index in [1.54, 1.807) is 0 Å². The maximum Gasteiger partial charge on any atom is 0.498 e. The van der Waals surface area contributed by atoms with E-state index < -0.39 is 0 Å². The van der Waals surface area contributed by atoms with Gasteiger partial charge in [-0.25, -0.2) is 0 Å². The standard InChI is InChI=1S/C14H23BN2O2/c1-10-6-7-12(10)17-9-11(8-16-17)15-18-13(2,3)14(4,5)19-15/h8-10,12H,6-7H2,1-5H3/t10-,12-/m1/s1. The minimum atomic E-state index is -0.297. The van der Waals surface area contributed by atoms with Gasteiger partial charge in [-0.3, -0.25) is 4.68 Å². The molecule has 1 saturated carbocycles. The summed E-state index contributed by atoms with van der Waals surface area (Å²) in [5.74, 6) is 0.728. The molecule has 1 aromatic rings. The molecule has 1 saturated heterocycles. The highest BCUT2D eigenvalue weighted by atomic mass is 16.7. The third-order valence-corrected chi connectivity index (χ3v) is 5.06. The molecule has 0 N–H and O–H groups in total. The predicted octanol–water partition coefficient (Wildman–Crippen LogP) is 2.15. The van der Waals surface area contributed by atoms with Crippen LogP contribution in [0.15, 0.2) is 12.4 Å². The van der Waals surface area contributed by atoms with Crippen molar-refractivity contribution in [3.63, 3.8) is 0 Å². The normalized spacial score (nSPS) is 32.4. The number of hydrogen-bond donors (Lipinski definition) is 0. The first-order valence-electron chi connectivity index (χ1n) is 7.20. The second-order valence-electron chi connectivity index (χ2n) is 6.96. The summed E-state index contributed by atoms with van der Waals surface area (Å²) < 4.78 is 14.2. The summed E-state index contributed by atoms with van der Waals surface area (Å²) in [6.07, 6.45) is 6.50. The number of nitrogens with zero attached hydrogens (tertiary/aromatic N) is 2. The van der Waals surface area contributed by atoms with Crippen molar-refractivity contribution in [1.82, 2.24) is 9.78 Å². The Kier molecular flexibility index (Phi) is 2.84. The van der Waals surface area contributed by atoms with Gasteiger partial charge in [-0.1, -0.05) is 6.92 Å². The lowest BCUT2D eigenvalue weighted by atomic mass is 9.80. The molecule has 0 bridgehead atoms. The van der Waals surface area contributed by atoms with E-state index in [0.717, 1.165) is 11.4 Å². The number of aromatic nitrogens is 2. The van der Waals surface area contributed by atoms with Crippen LogP contribution in [-0.4, -0.2) is 28.1 Å².